The number of H-pyrrole nitrogens is 1. The summed E-state index contributed by atoms with van der Waals surface area (Å²) in [5, 5.41) is 0. The Morgan fingerprint density at radius 2 is 2.17 bits per heavy atom. The summed E-state index contributed by atoms with van der Waals surface area (Å²) in [6.07, 6.45) is 7.86. The summed E-state index contributed by atoms with van der Waals surface area (Å²) in [6.45, 7) is 0.669. The molecule has 1 saturated carbocycles. The summed E-state index contributed by atoms with van der Waals surface area (Å²) in [7, 11) is 0. The molecular weight excluding hydrogens is 230 g/mol. The lowest BCUT2D eigenvalue weighted by molar-refractivity contribution is 0.0937. The van der Waals surface area contributed by atoms with Crippen LogP contribution in [-0.2, 0) is 0 Å². The van der Waals surface area contributed by atoms with Gasteiger partial charge in [0.25, 0.3) is 0 Å². The molecule has 3 N–H and O–H groups in total. The second-order valence-corrected chi connectivity index (χ2v) is 4.72. The summed E-state index contributed by atoms with van der Waals surface area (Å²) in [6, 6.07) is 0. The van der Waals surface area contributed by atoms with Gasteiger partial charge in [0.2, 0.25) is 5.88 Å². The van der Waals surface area contributed by atoms with Gasteiger partial charge in [0, 0.05) is 5.92 Å². The zero-order chi connectivity index (χ0) is 12.4. The van der Waals surface area contributed by atoms with Gasteiger partial charge in [-0.15, -0.1) is 0 Å². The topological polar surface area (TPSA) is 89.7 Å². The van der Waals surface area contributed by atoms with Crippen molar-refractivity contribution < 1.29 is 4.74 Å². The van der Waals surface area contributed by atoms with E-state index in [1.165, 1.54) is 19.2 Å². The fraction of sp³-hybridized carbons (Fsp3) is 0.583. The third kappa shape index (κ3) is 2.03. The molecule has 96 valence electrons. The van der Waals surface area contributed by atoms with Crippen molar-refractivity contribution in [2.45, 2.75) is 31.8 Å². The number of hydrogen-bond donors (Lipinski definition) is 2. The van der Waals surface area contributed by atoms with Crippen LogP contribution in [0, 0.1) is 5.92 Å². The number of aromatic nitrogens is 4. The Labute approximate surface area is 105 Å². The molecule has 0 saturated heterocycles. The summed E-state index contributed by atoms with van der Waals surface area (Å²) in [5.74, 6) is 1.01. The second-order valence-electron chi connectivity index (χ2n) is 4.72. The summed E-state index contributed by atoms with van der Waals surface area (Å²) in [5.41, 5.74) is 7.21. The van der Waals surface area contributed by atoms with Gasteiger partial charge in [0.05, 0.1) is 6.33 Å². The lowest BCUT2D eigenvalue weighted by atomic mass is 9.86. The van der Waals surface area contributed by atoms with Gasteiger partial charge in [-0.2, -0.15) is 4.98 Å². The van der Waals surface area contributed by atoms with Crippen LogP contribution in [0.4, 0.5) is 0 Å². The number of imidazole rings is 1. The highest BCUT2D eigenvalue weighted by Gasteiger charge is 2.26. The Morgan fingerprint density at radius 3 is 3.06 bits per heavy atom. The number of nitrogens with two attached hydrogens (primary N) is 1. The fourth-order valence-electron chi connectivity index (χ4n) is 2.57. The van der Waals surface area contributed by atoms with Crippen LogP contribution in [-0.4, -0.2) is 32.6 Å². The van der Waals surface area contributed by atoms with Crippen LogP contribution in [0.25, 0.3) is 11.2 Å². The predicted octanol–water partition coefficient (Wildman–Crippen LogP) is 1.25. The van der Waals surface area contributed by atoms with E-state index in [0.717, 1.165) is 18.4 Å². The molecule has 0 aliphatic heterocycles. The lowest BCUT2D eigenvalue weighted by Crippen LogP contribution is -2.35. The molecule has 0 radical (unpaired) electrons. The summed E-state index contributed by atoms with van der Waals surface area (Å²) < 4.78 is 6.03. The monoisotopic (exact) mass is 247 g/mol. The van der Waals surface area contributed by atoms with Gasteiger partial charge < -0.3 is 15.5 Å². The molecule has 1 fully saturated rings. The van der Waals surface area contributed by atoms with Crippen LogP contribution >= 0.6 is 0 Å². The third-order valence-corrected chi connectivity index (χ3v) is 3.59. The van der Waals surface area contributed by atoms with Crippen LogP contribution in [0.15, 0.2) is 12.7 Å². The van der Waals surface area contributed by atoms with Crippen molar-refractivity contribution in [3.8, 4) is 5.88 Å². The van der Waals surface area contributed by atoms with Crippen molar-refractivity contribution in [1.29, 1.82) is 0 Å². The smallest absolute Gasteiger partial charge is 0.243 e. The highest BCUT2D eigenvalue weighted by atomic mass is 16.5. The Hall–Kier alpha value is -1.69. The minimum atomic E-state index is 0.158. The quantitative estimate of drug-likeness (QED) is 0.852. The van der Waals surface area contributed by atoms with Gasteiger partial charge >= 0.3 is 0 Å². The third-order valence-electron chi connectivity index (χ3n) is 3.59. The first kappa shape index (κ1) is 11.4. The molecule has 18 heavy (non-hydrogen) atoms. The molecule has 2 atom stereocenters. The number of rotatable bonds is 3. The first-order valence-electron chi connectivity index (χ1n) is 6.39. The van der Waals surface area contributed by atoms with E-state index >= 15 is 0 Å². The van der Waals surface area contributed by atoms with Crippen molar-refractivity contribution >= 4 is 11.2 Å². The minimum absolute atomic E-state index is 0.158. The second kappa shape index (κ2) is 4.89. The SMILES string of the molecule is NCC1CCCCC1Oc1ncnc2nc[nH]c12. The molecule has 6 nitrogen and oxygen atoms in total. The molecule has 0 amide bonds. The molecule has 0 spiro atoms. The van der Waals surface area contributed by atoms with Gasteiger partial charge in [-0.1, -0.05) is 6.42 Å². The maximum absolute atomic E-state index is 6.03. The number of hydrogen-bond acceptors (Lipinski definition) is 5. The van der Waals surface area contributed by atoms with Crippen molar-refractivity contribution in [2.75, 3.05) is 6.54 Å². The zero-order valence-corrected chi connectivity index (χ0v) is 10.2. The highest BCUT2D eigenvalue weighted by molar-refractivity contribution is 5.74. The van der Waals surface area contributed by atoms with E-state index < -0.39 is 0 Å². The molecule has 3 rings (SSSR count). The molecular formula is C12H17N5O. The summed E-state index contributed by atoms with van der Waals surface area (Å²) in [4.78, 5) is 15.4. The summed E-state index contributed by atoms with van der Waals surface area (Å²) >= 11 is 0. The molecule has 6 heteroatoms. The van der Waals surface area contributed by atoms with Crippen LogP contribution in [0.3, 0.4) is 0 Å². The number of aromatic amines is 1. The molecule has 1 aliphatic carbocycles. The van der Waals surface area contributed by atoms with Crippen molar-refractivity contribution in [1.82, 2.24) is 19.9 Å². The van der Waals surface area contributed by atoms with E-state index in [0.29, 0.717) is 24.0 Å². The molecule has 0 aromatic carbocycles. The van der Waals surface area contributed by atoms with E-state index in [1.807, 2.05) is 0 Å². The predicted molar refractivity (Wildman–Crippen MR) is 67.1 cm³/mol. The van der Waals surface area contributed by atoms with Gasteiger partial charge in [0.15, 0.2) is 5.65 Å². The standard InChI is InChI=1S/C12H17N5O/c13-5-8-3-1-2-4-9(8)18-12-10-11(15-6-14-10)16-7-17-12/h6-9H,1-5,13H2,(H,14,15,16,17). The molecule has 2 unspecified atom stereocenters. The molecule has 1 aliphatic rings. The maximum atomic E-state index is 6.03. The zero-order valence-electron chi connectivity index (χ0n) is 10.2. The van der Waals surface area contributed by atoms with Crippen molar-refractivity contribution in [3.05, 3.63) is 12.7 Å². The fourth-order valence-corrected chi connectivity index (χ4v) is 2.57. The van der Waals surface area contributed by atoms with Crippen molar-refractivity contribution in [2.24, 2.45) is 11.7 Å². The highest BCUT2D eigenvalue weighted by Crippen LogP contribution is 2.28. The van der Waals surface area contributed by atoms with Gasteiger partial charge in [0.1, 0.15) is 17.9 Å². The van der Waals surface area contributed by atoms with Crippen LogP contribution < -0.4 is 10.5 Å². The number of ether oxygens (including phenoxy) is 1. The maximum Gasteiger partial charge on any atom is 0.243 e. The average molecular weight is 247 g/mol. The Morgan fingerprint density at radius 1 is 1.28 bits per heavy atom. The Balaban J connectivity index is 1.84. The Kier molecular flexibility index (Phi) is 3.10. The number of nitrogens with zero attached hydrogens (tertiary/aromatic N) is 3. The molecule has 2 heterocycles. The molecule has 0 bridgehead atoms. The van der Waals surface area contributed by atoms with E-state index in [4.69, 9.17) is 10.5 Å². The van der Waals surface area contributed by atoms with E-state index in [-0.39, 0.29) is 6.10 Å². The van der Waals surface area contributed by atoms with E-state index in [1.54, 1.807) is 6.33 Å². The Bertz CT molecular complexity index is 526. The molecule has 2 aromatic rings. The average Bonchev–Trinajstić information content (AvgIpc) is 2.89. The van der Waals surface area contributed by atoms with Crippen LogP contribution in [0.1, 0.15) is 25.7 Å². The van der Waals surface area contributed by atoms with Crippen molar-refractivity contribution in [3.63, 3.8) is 0 Å². The van der Waals surface area contributed by atoms with Gasteiger partial charge in [-0.3, -0.25) is 0 Å². The first-order chi connectivity index (χ1) is 8.88. The number of fused-ring (bicyclic) bond motifs is 1. The first-order valence-corrected chi connectivity index (χ1v) is 6.39. The van der Waals surface area contributed by atoms with E-state index in [9.17, 15) is 0 Å². The van der Waals surface area contributed by atoms with Crippen LogP contribution in [0.5, 0.6) is 5.88 Å². The molecule has 2 aromatic heterocycles. The number of nitrogens with one attached hydrogen (secondary N) is 1. The van der Waals surface area contributed by atoms with E-state index in [2.05, 4.69) is 19.9 Å². The lowest BCUT2D eigenvalue weighted by Gasteiger charge is -2.30. The van der Waals surface area contributed by atoms with Crippen LogP contribution in [0.2, 0.25) is 0 Å². The normalized spacial score (nSPS) is 24.3. The largest absolute Gasteiger partial charge is 0.472 e. The van der Waals surface area contributed by atoms with Gasteiger partial charge in [-0.25, -0.2) is 9.97 Å². The van der Waals surface area contributed by atoms with Gasteiger partial charge in [-0.05, 0) is 25.8 Å². The minimum Gasteiger partial charge on any atom is -0.472 e.